The van der Waals surface area contributed by atoms with Crippen LogP contribution in [0.25, 0.3) is 0 Å². The lowest BCUT2D eigenvalue weighted by Gasteiger charge is -2.20. The fraction of sp³-hybridized carbons (Fsp3) is 0.643. The van der Waals surface area contributed by atoms with Gasteiger partial charge in [0.2, 0.25) is 0 Å². The molecule has 94 valence electrons. The van der Waals surface area contributed by atoms with Gasteiger partial charge in [0.15, 0.2) is 0 Å². The lowest BCUT2D eigenvalue weighted by atomic mass is 10.1. The average Bonchev–Trinajstić information content (AvgIpc) is 2.58. The molecule has 1 aliphatic heterocycles. The minimum atomic E-state index is 0.694. The van der Waals surface area contributed by atoms with Crippen molar-refractivity contribution in [2.75, 3.05) is 13.6 Å². The van der Waals surface area contributed by atoms with Crippen LogP contribution in [-0.4, -0.2) is 29.5 Å². The second-order valence-corrected chi connectivity index (χ2v) is 5.27. The zero-order chi connectivity index (χ0) is 12.3. The molecule has 0 bridgehead atoms. The summed E-state index contributed by atoms with van der Waals surface area (Å²) >= 11 is 0. The molecule has 2 unspecified atom stereocenters. The van der Waals surface area contributed by atoms with Gasteiger partial charge in [-0.3, -0.25) is 9.88 Å². The first-order valence-corrected chi connectivity index (χ1v) is 6.52. The third kappa shape index (κ3) is 3.27. The fourth-order valence-corrected chi connectivity index (χ4v) is 2.71. The Balaban J connectivity index is 2.00. The number of likely N-dealkylation sites (tertiary alicyclic amines) is 1. The lowest BCUT2D eigenvalue weighted by molar-refractivity contribution is 0.253. The number of hydrogen-bond acceptors (Lipinski definition) is 3. The Morgan fingerprint density at radius 2 is 2.12 bits per heavy atom. The molecule has 3 nitrogen and oxygen atoms in total. The van der Waals surface area contributed by atoms with Crippen molar-refractivity contribution in [1.82, 2.24) is 15.2 Å². The molecule has 0 aromatic carbocycles. The maximum atomic E-state index is 4.68. The predicted molar refractivity (Wildman–Crippen MR) is 70.7 cm³/mol. The van der Waals surface area contributed by atoms with Gasteiger partial charge in [-0.15, -0.1) is 0 Å². The summed E-state index contributed by atoms with van der Waals surface area (Å²) < 4.78 is 0. The Morgan fingerprint density at radius 1 is 1.35 bits per heavy atom. The van der Waals surface area contributed by atoms with E-state index < -0.39 is 0 Å². The zero-order valence-corrected chi connectivity index (χ0v) is 11.1. The van der Waals surface area contributed by atoms with Gasteiger partial charge in [-0.25, -0.2) is 0 Å². The van der Waals surface area contributed by atoms with E-state index in [0.717, 1.165) is 24.7 Å². The van der Waals surface area contributed by atoms with Crippen molar-refractivity contribution < 1.29 is 0 Å². The smallest absolute Gasteiger partial charge is 0.0547 e. The van der Waals surface area contributed by atoms with Gasteiger partial charge in [-0.05, 0) is 38.4 Å². The Labute approximate surface area is 104 Å². The molecule has 0 saturated carbocycles. The van der Waals surface area contributed by atoms with Gasteiger partial charge < -0.3 is 5.32 Å². The van der Waals surface area contributed by atoms with Crippen LogP contribution in [0.1, 0.15) is 31.7 Å². The minimum Gasteiger partial charge on any atom is -0.314 e. The standard InChI is InChI=1S/C14H23N3/c1-11-7-12(2)17(9-11)10-14-6-4-5-13(16-14)8-15-3/h4-6,11-12,15H,7-10H2,1-3H3. The molecule has 0 spiro atoms. The van der Waals surface area contributed by atoms with E-state index in [1.165, 1.54) is 18.7 Å². The molecule has 1 aromatic heterocycles. The quantitative estimate of drug-likeness (QED) is 0.862. The summed E-state index contributed by atoms with van der Waals surface area (Å²) in [6.07, 6.45) is 1.32. The third-order valence-electron chi connectivity index (χ3n) is 3.50. The maximum Gasteiger partial charge on any atom is 0.0547 e. The van der Waals surface area contributed by atoms with E-state index in [4.69, 9.17) is 0 Å². The van der Waals surface area contributed by atoms with E-state index in [1.807, 2.05) is 7.05 Å². The summed E-state index contributed by atoms with van der Waals surface area (Å²) in [7, 11) is 1.96. The molecule has 2 atom stereocenters. The van der Waals surface area contributed by atoms with Crippen molar-refractivity contribution in [3.63, 3.8) is 0 Å². The Kier molecular flexibility index (Phi) is 4.13. The van der Waals surface area contributed by atoms with Crippen molar-refractivity contribution in [2.45, 2.75) is 39.4 Å². The first kappa shape index (κ1) is 12.5. The number of nitrogens with one attached hydrogen (secondary N) is 1. The van der Waals surface area contributed by atoms with Crippen LogP contribution < -0.4 is 5.32 Å². The van der Waals surface area contributed by atoms with E-state index in [2.05, 4.69) is 47.2 Å². The fourth-order valence-electron chi connectivity index (χ4n) is 2.71. The number of rotatable bonds is 4. The zero-order valence-electron chi connectivity index (χ0n) is 11.1. The van der Waals surface area contributed by atoms with E-state index in [-0.39, 0.29) is 0 Å². The predicted octanol–water partition coefficient (Wildman–Crippen LogP) is 2.03. The molecule has 2 heterocycles. The summed E-state index contributed by atoms with van der Waals surface area (Å²) in [5.74, 6) is 0.825. The van der Waals surface area contributed by atoms with E-state index in [1.54, 1.807) is 0 Å². The van der Waals surface area contributed by atoms with Crippen LogP contribution in [0.15, 0.2) is 18.2 Å². The second kappa shape index (κ2) is 5.61. The molecule has 1 aliphatic rings. The van der Waals surface area contributed by atoms with E-state index >= 15 is 0 Å². The monoisotopic (exact) mass is 233 g/mol. The van der Waals surface area contributed by atoms with Gasteiger partial charge in [-0.2, -0.15) is 0 Å². The maximum absolute atomic E-state index is 4.68. The first-order chi connectivity index (χ1) is 8.19. The van der Waals surface area contributed by atoms with E-state index in [9.17, 15) is 0 Å². The van der Waals surface area contributed by atoms with Crippen LogP contribution in [0.3, 0.4) is 0 Å². The highest BCUT2D eigenvalue weighted by atomic mass is 15.2. The Bertz CT molecular complexity index is 364. The molecular formula is C14H23N3. The Hall–Kier alpha value is -0.930. The van der Waals surface area contributed by atoms with E-state index in [0.29, 0.717) is 6.04 Å². The van der Waals surface area contributed by atoms with Crippen molar-refractivity contribution in [1.29, 1.82) is 0 Å². The number of hydrogen-bond donors (Lipinski definition) is 1. The summed E-state index contributed by atoms with van der Waals surface area (Å²) in [4.78, 5) is 7.22. The van der Waals surface area contributed by atoms with Crippen LogP contribution in [0, 0.1) is 5.92 Å². The van der Waals surface area contributed by atoms with Crippen LogP contribution in [0.5, 0.6) is 0 Å². The second-order valence-electron chi connectivity index (χ2n) is 5.27. The molecule has 3 heteroatoms. The van der Waals surface area contributed by atoms with Crippen LogP contribution in [0.4, 0.5) is 0 Å². The molecule has 1 saturated heterocycles. The number of aromatic nitrogens is 1. The van der Waals surface area contributed by atoms with Crippen LogP contribution in [0.2, 0.25) is 0 Å². The minimum absolute atomic E-state index is 0.694. The van der Waals surface area contributed by atoms with Crippen LogP contribution in [-0.2, 0) is 13.1 Å². The molecule has 2 rings (SSSR count). The third-order valence-corrected chi connectivity index (χ3v) is 3.50. The molecule has 0 aliphatic carbocycles. The first-order valence-electron chi connectivity index (χ1n) is 6.52. The van der Waals surface area contributed by atoms with Crippen molar-refractivity contribution in [3.05, 3.63) is 29.6 Å². The topological polar surface area (TPSA) is 28.2 Å². The summed E-state index contributed by atoms with van der Waals surface area (Å²) in [6, 6.07) is 7.02. The van der Waals surface area contributed by atoms with Gasteiger partial charge >= 0.3 is 0 Å². The van der Waals surface area contributed by atoms with Crippen LogP contribution >= 0.6 is 0 Å². The van der Waals surface area contributed by atoms with Crippen molar-refractivity contribution >= 4 is 0 Å². The summed E-state index contributed by atoms with van der Waals surface area (Å²) in [6.45, 7) is 7.70. The number of pyridine rings is 1. The highest BCUT2D eigenvalue weighted by molar-refractivity contribution is 5.11. The summed E-state index contributed by atoms with van der Waals surface area (Å²) in [5.41, 5.74) is 2.32. The average molecular weight is 233 g/mol. The van der Waals surface area contributed by atoms with Crippen molar-refractivity contribution in [2.24, 2.45) is 5.92 Å². The van der Waals surface area contributed by atoms with Crippen molar-refractivity contribution in [3.8, 4) is 0 Å². The van der Waals surface area contributed by atoms with Gasteiger partial charge in [0, 0.05) is 25.7 Å². The largest absolute Gasteiger partial charge is 0.314 e. The Morgan fingerprint density at radius 3 is 2.76 bits per heavy atom. The molecule has 1 fully saturated rings. The molecular weight excluding hydrogens is 210 g/mol. The highest BCUT2D eigenvalue weighted by Gasteiger charge is 2.25. The molecule has 1 N–H and O–H groups in total. The van der Waals surface area contributed by atoms with Gasteiger partial charge in [0.05, 0.1) is 11.4 Å². The van der Waals surface area contributed by atoms with Gasteiger partial charge in [0.25, 0.3) is 0 Å². The molecule has 0 amide bonds. The SMILES string of the molecule is CNCc1cccc(CN2CC(C)CC2C)n1. The summed E-state index contributed by atoms with van der Waals surface area (Å²) in [5, 5.41) is 3.14. The highest BCUT2D eigenvalue weighted by Crippen LogP contribution is 2.23. The van der Waals surface area contributed by atoms with Gasteiger partial charge in [0.1, 0.15) is 0 Å². The van der Waals surface area contributed by atoms with Gasteiger partial charge in [-0.1, -0.05) is 13.0 Å². The number of nitrogens with zero attached hydrogens (tertiary/aromatic N) is 2. The lowest BCUT2D eigenvalue weighted by Crippen LogP contribution is -2.27. The molecule has 1 aromatic rings. The molecule has 17 heavy (non-hydrogen) atoms. The normalized spacial score (nSPS) is 25.4. The molecule has 0 radical (unpaired) electrons.